The summed E-state index contributed by atoms with van der Waals surface area (Å²) < 4.78 is 7.16. The quantitative estimate of drug-likeness (QED) is 0.242. The van der Waals surface area contributed by atoms with E-state index in [2.05, 4.69) is 15.9 Å². The van der Waals surface area contributed by atoms with Crippen molar-refractivity contribution in [3.63, 3.8) is 0 Å². The molecule has 1 saturated heterocycles. The van der Waals surface area contributed by atoms with Crippen molar-refractivity contribution in [2.24, 2.45) is 11.7 Å². The second kappa shape index (κ2) is 12.7. The first-order valence-electron chi connectivity index (χ1n) is 14.5. The van der Waals surface area contributed by atoms with Crippen LogP contribution < -0.4 is 16.0 Å². The van der Waals surface area contributed by atoms with Crippen LogP contribution in [0.15, 0.2) is 53.1 Å². The summed E-state index contributed by atoms with van der Waals surface area (Å²) in [5.41, 5.74) is 10.1. The molecule has 2 aromatic heterocycles. The fraction of sp³-hybridized carbons (Fsp3) is 0.375. The molecule has 0 bridgehead atoms. The maximum Gasteiger partial charge on any atom is 0.411 e. The van der Waals surface area contributed by atoms with Gasteiger partial charge in [-0.05, 0) is 79.8 Å². The van der Waals surface area contributed by atoms with Gasteiger partial charge in [0.1, 0.15) is 5.58 Å². The Morgan fingerprint density at radius 3 is 2.53 bits per heavy atom. The lowest BCUT2D eigenvalue weighted by atomic mass is 10.0. The first-order chi connectivity index (χ1) is 20.6. The fourth-order valence-electron chi connectivity index (χ4n) is 5.57. The number of aryl methyl sites for hydroxylation is 1. The Morgan fingerprint density at radius 1 is 1.07 bits per heavy atom. The molecule has 0 spiro atoms. The number of hydrogen-bond donors (Lipinski definition) is 3. The highest BCUT2D eigenvalue weighted by molar-refractivity contribution is 6.03. The largest absolute Gasteiger partial charge is 0.465 e. The Labute approximate surface area is 249 Å². The molecule has 1 unspecified atom stereocenters. The van der Waals surface area contributed by atoms with Crippen molar-refractivity contribution in [2.45, 2.75) is 39.2 Å². The van der Waals surface area contributed by atoms with Crippen LogP contribution in [0.2, 0.25) is 0 Å². The molecule has 2 amide bonds. The summed E-state index contributed by atoms with van der Waals surface area (Å²) in [5.74, 6) is -0.947. The van der Waals surface area contributed by atoms with E-state index < -0.39 is 18.0 Å². The number of nitriles is 1. The number of amides is 2. The maximum absolute atomic E-state index is 13.1. The molecule has 11 nitrogen and oxygen atoms in total. The molecule has 1 aliphatic heterocycles. The van der Waals surface area contributed by atoms with Crippen molar-refractivity contribution in [3.8, 4) is 6.07 Å². The van der Waals surface area contributed by atoms with Gasteiger partial charge in [-0.25, -0.2) is 4.79 Å². The van der Waals surface area contributed by atoms with Gasteiger partial charge in [0.15, 0.2) is 5.76 Å². The molecule has 43 heavy (non-hydrogen) atoms. The Balaban J connectivity index is 1.15. The van der Waals surface area contributed by atoms with E-state index in [1.807, 2.05) is 44.3 Å². The highest BCUT2D eigenvalue weighted by atomic mass is 16.4. The molecular weight excluding hydrogens is 548 g/mol. The molecule has 1 fully saturated rings. The number of piperazine rings is 1. The Bertz CT molecular complexity index is 1710. The lowest BCUT2D eigenvalue weighted by Gasteiger charge is -2.36. The van der Waals surface area contributed by atoms with E-state index in [-0.39, 0.29) is 17.6 Å². The van der Waals surface area contributed by atoms with Gasteiger partial charge in [-0.1, -0.05) is 13.8 Å². The van der Waals surface area contributed by atoms with Gasteiger partial charge in [0.25, 0.3) is 5.91 Å². The highest BCUT2D eigenvalue weighted by Gasteiger charge is 2.23. The minimum Gasteiger partial charge on any atom is -0.465 e. The Morgan fingerprint density at radius 2 is 1.84 bits per heavy atom. The lowest BCUT2D eigenvalue weighted by Crippen LogP contribution is -2.46. The van der Waals surface area contributed by atoms with Crippen LogP contribution in [0.1, 0.15) is 53.2 Å². The smallest absolute Gasteiger partial charge is 0.411 e. The number of aromatic nitrogens is 1. The minimum atomic E-state index is -1.43. The van der Waals surface area contributed by atoms with Crippen LogP contribution in [0, 0.1) is 17.2 Å². The van der Waals surface area contributed by atoms with Gasteiger partial charge in [-0.15, -0.1) is 0 Å². The molecule has 1 aliphatic rings. The van der Waals surface area contributed by atoms with E-state index in [1.165, 1.54) is 0 Å². The van der Waals surface area contributed by atoms with Gasteiger partial charge in [-0.3, -0.25) is 24.4 Å². The summed E-state index contributed by atoms with van der Waals surface area (Å²) in [7, 11) is 0. The van der Waals surface area contributed by atoms with Crippen molar-refractivity contribution in [2.75, 3.05) is 37.6 Å². The van der Waals surface area contributed by atoms with Crippen LogP contribution in [0.5, 0.6) is 0 Å². The topological polar surface area (TPSA) is 158 Å². The summed E-state index contributed by atoms with van der Waals surface area (Å²) in [5, 5.41) is 21.7. The molecule has 0 radical (unpaired) electrons. The SMILES string of the molecule is CC(C)C(N)C(=O)n1cc(CCCCN2CCN(c3ccc4oc(C(=O)NC(=O)O)cc4c3)CC2)c2cc(C#N)ccc21. The second-order valence-corrected chi connectivity index (χ2v) is 11.4. The third-order valence-electron chi connectivity index (χ3n) is 8.11. The average Bonchev–Trinajstić information content (AvgIpc) is 3.59. The number of carbonyl (C=O) groups is 3. The van der Waals surface area contributed by atoms with Gasteiger partial charge in [0, 0.05) is 48.8 Å². The number of nitrogens with zero attached hydrogens (tertiary/aromatic N) is 4. The van der Waals surface area contributed by atoms with Gasteiger partial charge >= 0.3 is 6.09 Å². The average molecular weight is 585 g/mol. The predicted octanol–water partition coefficient (Wildman–Crippen LogP) is 4.44. The van der Waals surface area contributed by atoms with Gasteiger partial charge in [0.05, 0.1) is 23.2 Å². The van der Waals surface area contributed by atoms with E-state index in [4.69, 9.17) is 15.3 Å². The standard InChI is InChI=1S/C32H36N6O5/c1-20(2)29(34)31(40)38-19-22(25-15-21(18-33)6-8-26(25)38)5-3-4-10-36-11-13-37(14-12-36)24-7-9-27-23(16-24)17-28(43-27)30(39)35-32(41)42/h6-9,15-17,19-20,29H,3-5,10-14,34H2,1-2H3,(H,35,39)(H,41,42). The second-order valence-electron chi connectivity index (χ2n) is 11.4. The van der Waals surface area contributed by atoms with Crippen molar-refractivity contribution >= 4 is 45.5 Å². The molecule has 4 N–H and O–H groups in total. The number of furan rings is 1. The number of nitrogens with one attached hydrogen (secondary N) is 1. The number of carbonyl (C=O) groups excluding carboxylic acids is 2. The Kier molecular flexibility index (Phi) is 8.80. The number of hydrogen-bond acceptors (Lipinski definition) is 8. The molecular formula is C32H36N6O5. The monoisotopic (exact) mass is 584 g/mol. The van der Waals surface area contributed by atoms with Crippen molar-refractivity contribution in [1.29, 1.82) is 5.26 Å². The fourth-order valence-corrected chi connectivity index (χ4v) is 5.57. The summed E-state index contributed by atoms with van der Waals surface area (Å²) in [6, 6.07) is 14.3. The molecule has 4 aromatic rings. The number of anilines is 1. The number of unbranched alkanes of at least 4 members (excludes halogenated alkanes) is 1. The summed E-state index contributed by atoms with van der Waals surface area (Å²) in [6.07, 6.45) is 3.24. The van der Waals surface area contributed by atoms with Crippen LogP contribution in [0.3, 0.4) is 0 Å². The Hall–Kier alpha value is -4.66. The van der Waals surface area contributed by atoms with E-state index in [0.29, 0.717) is 11.1 Å². The predicted molar refractivity (Wildman–Crippen MR) is 163 cm³/mol. The van der Waals surface area contributed by atoms with E-state index in [0.717, 1.165) is 79.5 Å². The van der Waals surface area contributed by atoms with Crippen molar-refractivity contribution in [3.05, 3.63) is 65.5 Å². The normalized spacial score (nSPS) is 14.7. The first-order valence-corrected chi connectivity index (χ1v) is 14.5. The number of fused-ring (bicyclic) bond motifs is 2. The van der Waals surface area contributed by atoms with E-state index in [9.17, 15) is 19.6 Å². The van der Waals surface area contributed by atoms with Gasteiger partial charge < -0.3 is 20.2 Å². The number of imide groups is 1. The molecule has 0 aliphatic carbocycles. The number of carboxylic acid groups (broad SMARTS) is 1. The molecule has 2 aromatic carbocycles. The molecule has 1 atom stereocenters. The van der Waals surface area contributed by atoms with Gasteiger partial charge in [-0.2, -0.15) is 5.26 Å². The maximum atomic E-state index is 13.1. The van der Waals surface area contributed by atoms with Crippen molar-refractivity contribution in [1.82, 2.24) is 14.8 Å². The summed E-state index contributed by atoms with van der Waals surface area (Å²) in [6.45, 7) is 8.39. The first kappa shape index (κ1) is 29.8. The lowest BCUT2D eigenvalue weighted by molar-refractivity contribution is 0.0861. The van der Waals surface area contributed by atoms with Crippen LogP contribution in [-0.2, 0) is 6.42 Å². The third kappa shape index (κ3) is 6.56. The number of rotatable bonds is 9. The van der Waals surface area contributed by atoms with Crippen LogP contribution >= 0.6 is 0 Å². The molecule has 0 saturated carbocycles. The molecule has 224 valence electrons. The van der Waals surface area contributed by atoms with E-state index in [1.54, 1.807) is 28.1 Å². The summed E-state index contributed by atoms with van der Waals surface area (Å²) >= 11 is 0. The van der Waals surface area contributed by atoms with Gasteiger partial charge in [0.2, 0.25) is 5.91 Å². The highest BCUT2D eigenvalue weighted by Crippen LogP contribution is 2.27. The third-order valence-corrected chi connectivity index (χ3v) is 8.11. The molecule has 3 heterocycles. The van der Waals surface area contributed by atoms with Crippen LogP contribution in [0.25, 0.3) is 21.9 Å². The number of benzene rings is 2. The van der Waals surface area contributed by atoms with E-state index >= 15 is 0 Å². The van der Waals surface area contributed by atoms with Crippen molar-refractivity contribution < 1.29 is 23.9 Å². The van der Waals surface area contributed by atoms with Crippen LogP contribution in [0.4, 0.5) is 10.5 Å². The zero-order valence-corrected chi connectivity index (χ0v) is 24.4. The minimum absolute atomic E-state index is 0.0207. The molecule has 11 heteroatoms. The zero-order valence-electron chi connectivity index (χ0n) is 24.4. The van der Waals surface area contributed by atoms with Crippen LogP contribution in [-0.4, -0.2) is 71.2 Å². The zero-order chi connectivity index (χ0) is 30.7. The molecule has 5 rings (SSSR count). The number of nitrogens with two attached hydrogens (primary N) is 1. The summed E-state index contributed by atoms with van der Waals surface area (Å²) in [4.78, 5) is 40.5.